The lowest BCUT2D eigenvalue weighted by Gasteiger charge is -2.37. The summed E-state index contributed by atoms with van der Waals surface area (Å²) in [5.74, 6) is 3.09. The second kappa shape index (κ2) is 8.69. The lowest BCUT2D eigenvalue weighted by Crippen LogP contribution is -2.45. The molecule has 1 N–H and O–H groups in total. The van der Waals surface area contributed by atoms with E-state index in [2.05, 4.69) is 22.3 Å². The van der Waals surface area contributed by atoms with Crippen LogP contribution in [0.25, 0.3) is 0 Å². The summed E-state index contributed by atoms with van der Waals surface area (Å²) in [4.78, 5) is 2.46. The molecule has 4 rings (SSSR count). The highest BCUT2D eigenvalue weighted by molar-refractivity contribution is 5.85. The van der Waals surface area contributed by atoms with Crippen molar-refractivity contribution in [2.45, 2.75) is 12.6 Å². The van der Waals surface area contributed by atoms with Crippen LogP contribution in [-0.2, 0) is 6.54 Å². The fourth-order valence-corrected chi connectivity index (χ4v) is 3.69. The van der Waals surface area contributed by atoms with Crippen LogP contribution in [0.2, 0.25) is 0 Å². The van der Waals surface area contributed by atoms with Gasteiger partial charge in [0.2, 0.25) is 12.5 Å². The van der Waals surface area contributed by atoms with Crippen molar-refractivity contribution in [3.05, 3.63) is 47.5 Å². The van der Waals surface area contributed by atoms with E-state index >= 15 is 0 Å². The quantitative estimate of drug-likeness (QED) is 0.844. The molecular formula is C20H25ClN2O4. The van der Waals surface area contributed by atoms with E-state index in [4.69, 9.17) is 18.9 Å². The predicted molar refractivity (Wildman–Crippen MR) is 105 cm³/mol. The molecule has 6 nitrogen and oxygen atoms in total. The zero-order valence-corrected chi connectivity index (χ0v) is 16.4. The van der Waals surface area contributed by atoms with Gasteiger partial charge in [-0.2, -0.15) is 0 Å². The van der Waals surface area contributed by atoms with Crippen LogP contribution in [0.1, 0.15) is 17.2 Å². The normalized spacial score (nSPS) is 18.7. The Kier molecular flexibility index (Phi) is 6.31. The molecule has 2 aliphatic rings. The maximum atomic E-state index is 5.58. The first-order valence-electron chi connectivity index (χ1n) is 8.84. The molecular weight excluding hydrogens is 368 g/mol. The molecule has 2 aromatic carbocycles. The maximum absolute atomic E-state index is 5.58. The summed E-state index contributed by atoms with van der Waals surface area (Å²) in [5, 5.41) is 3.50. The van der Waals surface area contributed by atoms with Gasteiger partial charge in [-0.25, -0.2) is 0 Å². The van der Waals surface area contributed by atoms with E-state index in [0.29, 0.717) is 5.75 Å². The van der Waals surface area contributed by atoms with Crippen LogP contribution in [0.5, 0.6) is 23.0 Å². The third-order valence-corrected chi connectivity index (χ3v) is 4.96. The first-order valence-corrected chi connectivity index (χ1v) is 8.84. The minimum atomic E-state index is 0. The number of hydrogen-bond donors (Lipinski definition) is 1. The Labute approximate surface area is 165 Å². The minimum absolute atomic E-state index is 0. The van der Waals surface area contributed by atoms with Gasteiger partial charge in [0.05, 0.1) is 20.3 Å². The molecule has 2 aliphatic heterocycles. The summed E-state index contributed by atoms with van der Waals surface area (Å²) >= 11 is 0. The van der Waals surface area contributed by atoms with Crippen molar-refractivity contribution in [2.75, 3.05) is 40.6 Å². The van der Waals surface area contributed by atoms with Gasteiger partial charge in [0.15, 0.2) is 11.5 Å². The van der Waals surface area contributed by atoms with Crippen molar-refractivity contribution >= 4 is 12.4 Å². The van der Waals surface area contributed by atoms with Gasteiger partial charge in [-0.3, -0.25) is 4.90 Å². The molecule has 1 fully saturated rings. The fourth-order valence-electron chi connectivity index (χ4n) is 3.69. The number of para-hydroxylation sites is 1. The van der Waals surface area contributed by atoms with Crippen LogP contribution < -0.4 is 24.3 Å². The number of methoxy groups -OCH3 is 2. The van der Waals surface area contributed by atoms with E-state index in [1.54, 1.807) is 14.2 Å². The zero-order valence-electron chi connectivity index (χ0n) is 15.6. The van der Waals surface area contributed by atoms with Gasteiger partial charge in [0.25, 0.3) is 0 Å². The van der Waals surface area contributed by atoms with Gasteiger partial charge < -0.3 is 24.3 Å². The van der Waals surface area contributed by atoms with Gasteiger partial charge in [-0.05, 0) is 23.8 Å². The van der Waals surface area contributed by atoms with Crippen molar-refractivity contribution in [3.63, 3.8) is 0 Å². The van der Waals surface area contributed by atoms with Crippen molar-refractivity contribution in [2.24, 2.45) is 0 Å². The monoisotopic (exact) mass is 392 g/mol. The molecule has 0 aliphatic carbocycles. The molecule has 1 saturated heterocycles. The molecule has 1 unspecified atom stereocenters. The standard InChI is InChI=1S/C20H24N2O4.ClH/c1-23-17-6-4-3-5-15(17)16-11-21-7-8-22(16)12-14-9-18(24-2)20-19(10-14)25-13-26-20;/h3-6,9-10,16,21H,7-8,11-13H2,1-2H3;1H. The molecule has 7 heteroatoms. The Bertz CT molecular complexity index is 787. The highest BCUT2D eigenvalue weighted by atomic mass is 35.5. The van der Waals surface area contributed by atoms with Gasteiger partial charge in [-0.15, -0.1) is 12.4 Å². The Morgan fingerprint density at radius 1 is 1.11 bits per heavy atom. The van der Waals surface area contributed by atoms with Gasteiger partial charge in [-0.1, -0.05) is 18.2 Å². The number of nitrogens with zero attached hydrogens (tertiary/aromatic N) is 1. The van der Waals surface area contributed by atoms with E-state index < -0.39 is 0 Å². The summed E-state index contributed by atoms with van der Waals surface area (Å²) in [7, 11) is 3.38. The summed E-state index contributed by atoms with van der Waals surface area (Å²) in [6.07, 6.45) is 0. The van der Waals surface area contributed by atoms with Gasteiger partial charge in [0.1, 0.15) is 5.75 Å². The van der Waals surface area contributed by atoms with E-state index in [0.717, 1.165) is 49.0 Å². The van der Waals surface area contributed by atoms with Crippen molar-refractivity contribution in [3.8, 4) is 23.0 Å². The van der Waals surface area contributed by atoms with Crippen LogP contribution in [-0.4, -0.2) is 45.5 Å². The van der Waals surface area contributed by atoms with Crippen LogP contribution in [0.15, 0.2) is 36.4 Å². The number of piperazine rings is 1. The fraction of sp³-hybridized carbons (Fsp3) is 0.400. The summed E-state index contributed by atoms with van der Waals surface area (Å²) in [5.41, 5.74) is 2.35. The first kappa shape index (κ1) is 19.6. The van der Waals surface area contributed by atoms with E-state index in [1.165, 1.54) is 5.56 Å². The summed E-state index contributed by atoms with van der Waals surface area (Å²) in [6, 6.07) is 12.6. The minimum Gasteiger partial charge on any atom is -0.496 e. The molecule has 0 aromatic heterocycles. The third-order valence-electron chi connectivity index (χ3n) is 4.96. The third kappa shape index (κ3) is 3.93. The summed E-state index contributed by atoms with van der Waals surface area (Å²) < 4.78 is 22.1. The molecule has 0 bridgehead atoms. The lowest BCUT2D eigenvalue weighted by molar-refractivity contribution is 0.150. The largest absolute Gasteiger partial charge is 0.496 e. The van der Waals surface area contributed by atoms with Gasteiger partial charge in [0, 0.05) is 31.7 Å². The van der Waals surface area contributed by atoms with Crippen molar-refractivity contribution < 1.29 is 18.9 Å². The SMILES string of the molecule is COc1ccccc1C1CNCCN1Cc1cc(OC)c2c(c1)OCO2.Cl. The predicted octanol–water partition coefficient (Wildman–Crippen LogP) is 3.00. The molecule has 0 spiro atoms. The number of ether oxygens (including phenoxy) is 4. The van der Waals surface area contributed by atoms with Crippen LogP contribution in [0.4, 0.5) is 0 Å². The Balaban J connectivity index is 0.00000210. The molecule has 146 valence electrons. The number of fused-ring (bicyclic) bond motifs is 1. The summed E-state index contributed by atoms with van der Waals surface area (Å²) in [6.45, 7) is 3.86. The Morgan fingerprint density at radius 2 is 1.93 bits per heavy atom. The second-order valence-corrected chi connectivity index (χ2v) is 6.46. The highest BCUT2D eigenvalue weighted by Crippen LogP contribution is 2.42. The zero-order chi connectivity index (χ0) is 17.9. The molecule has 1 atom stereocenters. The number of nitrogens with one attached hydrogen (secondary N) is 1. The van der Waals surface area contributed by atoms with Crippen LogP contribution >= 0.6 is 12.4 Å². The number of hydrogen-bond acceptors (Lipinski definition) is 6. The molecule has 2 aromatic rings. The molecule has 0 saturated carbocycles. The topological polar surface area (TPSA) is 52.2 Å². The molecule has 2 heterocycles. The Hall–Kier alpha value is -2.15. The number of rotatable bonds is 5. The van der Waals surface area contributed by atoms with Gasteiger partial charge >= 0.3 is 0 Å². The molecule has 27 heavy (non-hydrogen) atoms. The van der Waals surface area contributed by atoms with Crippen molar-refractivity contribution in [1.29, 1.82) is 0 Å². The number of halogens is 1. The first-order chi connectivity index (χ1) is 12.8. The second-order valence-electron chi connectivity index (χ2n) is 6.46. The average molecular weight is 393 g/mol. The smallest absolute Gasteiger partial charge is 0.231 e. The lowest BCUT2D eigenvalue weighted by atomic mass is 10.0. The highest BCUT2D eigenvalue weighted by Gasteiger charge is 2.27. The van der Waals surface area contributed by atoms with Crippen molar-refractivity contribution in [1.82, 2.24) is 10.2 Å². The average Bonchev–Trinajstić information content (AvgIpc) is 3.16. The molecule has 0 radical (unpaired) electrons. The Morgan fingerprint density at radius 3 is 2.74 bits per heavy atom. The van der Waals surface area contributed by atoms with Crippen LogP contribution in [0.3, 0.4) is 0 Å². The van der Waals surface area contributed by atoms with E-state index in [9.17, 15) is 0 Å². The van der Waals surface area contributed by atoms with Crippen LogP contribution in [0, 0.1) is 0 Å². The molecule has 0 amide bonds. The van der Waals surface area contributed by atoms with E-state index in [1.807, 2.05) is 24.3 Å². The number of benzene rings is 2. The van der Waals surface area contributed by atoms with E-state index in [-0.39, 0.29) is 25.2 Å². The maximum Gasteiger partial charge on any atom is 0.231 e.